The van der Waals surface area contributed by atoms with Gasteiger partial charge in [-0.1, -0.05) is 30.3 Å². The van der Waals surface area contributed by atoms with Crippen LogP contribution in [0.25, 0.3) is 11.1 Å². The van der Waals surface area contributed by atoms with Crippen molar-refractivity contribution in [1.29, 1.82) is 0 Å². The first kappa shape index (κ1) is 28.2. The molecule has 208 valence electrons. The number of carbonyl (C=O) groups is 1. The third kappa shape index (κ3) is 7.19. The van der Waals surface area contributed by atoms with Crippen LogP contribution < -0.4 is 20.3 Å². The average Bonchev–Trinajstić information content (AvgIpc) is 2.83. The summed E-state index contributed by atoms with van der Waals surface area (Å²) in [6.45, 7) is 3.84. The smallest absolute Gasteiger partial charge is 0.394 e. The number of ether oxygens (including phenoxy) is 1. The Hall–Kier alpha value is -3.82. The summed E-state index contributed by atoms with van der Waals surface area (Å²) in [7, 11) is 0. The van der Waals surface area contributed by atoms with Crippen molar-refractivity contribution in [3.63, 3.8) is 0 Å². The molecule has 0 bridgehead atoms. The van der Waals surface area contributed by atoms with E-state index >= 15 is 0 Å². The number of para-hydroxylation sites is 2. The summed E-state index contributed by atoms with van der Waals surface area (Å²) in [6.07, 6.45) is -8.06. The van der Waals surface area contributed by atoms with Gasteiger partial charge in [-0.2, -0.15) is 22.0 Å². The topological polar surface area (TPSA) is 53.6 Å². The minimum atomic E-state index is -4.25. The van der Waals surface area contributed by atoms with Gasteiger partial charge < -0.3 is 20.3 Å². The molecule has 4 rings (SSSR count). The number of halogens is 5. The highest BCUT2D eigenvalue weighted by Gasteiger charge is 2.34. The van der Waals surface area contributed by atoms with E-state index in [-0.39, 0.29) is 30.3 Å². The fraction of sp³-hybridized carbons (Fsp3) is 0.345. The van der Waals surface area contributed by atoms with E-state index in [4.69, 9.17) is 4.74 Å². The fourth-order valence-corrected chi connectivity index (χ4v) is 4.87. The highest BCUT2D eigenvalue weighted by atomic mass is 19.4. The van der Waals surface area contributed by atoms with Crippen molar-refractivity contribution in [3.05, 3.63) is 72.3 Å². The molecule has 5 nitrogen and oxygen atoms in total. The number of nitrogens with one attached hydrogen (secondary N) is 2. The monoisotopic (exact) mass is 547 g/mol. The van der Waals surface area contributed by atoms with Crippen LogP contribution in [0, 0.1) is 0 Å². The van der Waals surface area contributed by atoms with Crippen molar-refractivity contribution < 1.29 is 31.5 Å². The largest absolute Gasteiger partial charge is 0.431 e. The van der Waals surface area contributed by atoms with Gasteiger partial charge in [-0.15, -0.1) is 0 Å². The molecular weight excluding hydrogens is 517 g/mol. The lowest BCUT2D eigenvalue weighted by atomic mass is 9.88. The summed E-state index contributed by atoms with van der Waals surface area (Å²) in [4.78, 5) is 14.2. The van der Waals surface area contributed by atoms with E-state index < -0.39 is 18.7 Å². The summed E-state index contributed by atoms with van der Waals surface area (Å²) < 4.78 is 69.9. The molecule has 2 atom stereocenters. The van der Waals surface area contributed by atoms with Gasteiger partial charge >= 0.3 is 12.3 Å². The number of alkyl halides is 5. The van der Waals surface area contributed by atoms with Crippen molar-refractivity contribution in [1.82, 2.24) is 0 Å². The Labute approximate surface area is 224 Å². The van der Waals surface area contributed by atoms with Gasteiger partial charge in [0.25, 0.3) is 0 Å². The predicted molar refractivity (Wildman–Crippen MR) is 142 cm³/mol. The Morgan fingerprint density at radius 1 is 1.00 bits per heavy atom. The van der Waals surface area contributed by atoms with Gasteiger partial charge in [0.05, 0.1) is 18.2 Å². The maximum atomic E-state index is 13.7. The molecule has 10 heteroatoms. The normalized spacial score (nSPS) is 17.4. The molecule has 0 radical (unpaired) electrons. The first-order valence-electron chi connectivity index (χ1n) is 12.6. The predicted octanol–water partition coefficient (Wildman–Crippen LogP) is 8.01. The van der Waals surface area contributed by atoms with E-state index in [1.54, 1.807) is 41.3 Å². The lowest BCUT2D eigenvalue weighted by Gasteiger charge is -2.40. The Morgan fingerprint density at radius 2 is 1.72 bits per heavy atom. The van der Waals surface area contributed by atoms with Crippen LogP contribution in [0.15, 0.2) is 66.7 Å². The fourth-order valence-electron chi connectivity index (χ4n) is 4.87. The molecule has 0 aliphatic carbocycles. The molecule has 1 aliphatic rings. The number of hydrogen-bond donors (Lipinski definition) is 2. The Kier molecular flexibility index (Phi) is 8.04. The molecule has 39 heavy (non-hydrogen) atoms. The van der Waals surface area contributed by atoms with E-state index in [1.807, 2.05) is 31.2 Å². The van der Waals surface area contributed by atoms with Crippen molar-refractivity contribution in [2.24, 2.45) is 0 Å². The zero-order valence-corrected chi connectivity index (χ0v) is 21.8. The Bertz CT molecular complexity index is 1320. The number of rotatable bonds is 8. The van der Waals surface area contributed by atoms with Crippen LogP contribution in [0.2, 0.25) is 0 Å². The molecule has 0 unspecified atom stereocenters. The van der Waals surface area contributed by atoms with Gasteiger partial charge in [-0.25, -0.2) is 0 Å². The lowest BCUT2D eigenvalue weighted by Crippen LogP contribution is -2.43. The highest BCUT2D eigenvalue weighted by Crippen LogP contribution is 2.43. The van der Waals surface area contributed by atoms with Crippen molar-refractivity contribution in [2.75, 3.05) is 22.1 Å². The van der Waals surface area contributed by atoms with Crippen molar-refractivity contribution in [3.8, 4) is 16.9 Å². The lowest BCUT2D eigenvalue weighted by molar-refractivity contribution is -0.158. The van der Waals surface area contributed by atoms with Gasteiger partial charge in [0.1, 0.15) is 5.75 Å². The molecule has 1 amide bonds. The molecule has 1 aliphatic heterocycles. The van der Waals surface area contributed by atoms with Crippen LogP contribution >= 0.6 is 0 Å². The second-order valence-electron chi connectivity index (χ2n) is 9.72. The molecule has 0 saturated carbocycles. The third-order valence-corrected chi connectivity index (χ3v) is 6.46. The number of amides is 1. The van der Waals surface area contributed by atoms with E-state index in [2.05, 4.69) is 10.6 Å². The highest BCUT2D eigenvalue weighted by molar-refractivity contribution is 5.94. The number of hydrogen-bond acceptors (Lipinski definition) is 4. The van der Waals surface area contributed by atoms with Crippen LogP contribution in [0.4, 0.5) is 39.0 Å². The summed E-state index contributed by atoms with van der Waals surface area (Å²) in [5.41, 5.74) is 3.99. The first-order valence-corrected chi connectivity index (χ1v) is 12.6. The van der Waals surface area contributed by atoms with Gasteiger partial charge in [-0.3, -0.25) is 4.79 Å². The van der Waals surface area contributed by atoms with Gasteiger partial charge in [0.15, 0.2) is 0 Å². The Morgan fingerprint density at radius 3 is 2.41 bits per heavy atom. The minimum Gasteiger partial charge on any atom is -0.431 e. The molecular formula is C29H30F5N3O2. The maximum Gasteiger partial charge on any atom is 0.394 e. The first-order chi connectivity index (χ1) is 18.3. The molecule has 0 aromatic heterocycles. The molecule has 2 N–H and O–H groups in total. The molecule has 3 aromatic carbocycles. The maximum absolute atomic E-state index is 13.7. The van der Waals surface area contributed by atoms with Crippen LogP contribution in [0.3, 0.4) is 0 Å². The average molecular weight is 548 g/mol. The number of carbonyl (C=O) groups excluding carboxylic acids is 1. The Balaban J connectivity index is 1.68. The number of anilines is 3. The molecule has 0 spiro atoms. The van der Waals surface area contributed by atoms with E-state index in [0.717, 1.165) is 16.7 Å². The zero-order chi connectivity index (χ0) is 28.4. The number of nitrogens with zero attached hydrogens (tertiary/aromatic N) is 1. The van der Waals surface area contributed by atoms with Crippen LogP contribution in [0.1, 0.15) is 45.2 Å². The summed E-state index contributed by atoms with van der Waals surface area (Å²) in [5, 5.41) is 6.14. The summed E-state index contributed by atoms with van der Waals surface area (Å²) >= 11 is 0. The second kappa shape index (κ2) is 11.1. The standard InChI is InChI=1S/C29H30F5N3O2/c1-18-15-25(36-24-9-4-5-10-27(24)39-28(3,30)31)23-17-21(11-12-26(23)37(18)19(2)38)20-7-6-8-22(16-20)35-14-13-29(32,33)34/h4-12,16-18,25,35-36H,13-15H2,1-3H3/t18-,25+/m0/s1. The van der Waals surface area contributed by atoms with Gasteiger partial charge in [-0.05, 0) is 66.4 Å². The van der Waals surface area contributed by atoms with Crippen LogP contribution in [0.5, 0.6) is 5.75 Å². The van der Waals surface area contributed by atoms with Crippen LogP contribution in [-0.2, 0) is 4.79 Å². The zero-order valence-electron chi connectivity index (χ0n) is 21.8. The van der Waals surface area contributed by atoms with Crippen LogP contribution in [-0.4, -0.2) is 30.8 Å². The molecule has 1 heterocycles. The molecule has 3 aromatic rings. The minimum absolute atomic E-state index is 0.00184. The second-order valence-corrected chi connectivity index (χ2v) is 9.72. The van der Waals surface area contributed by atoms with Gasteiger partial charge in [0.2, 0.25) is 5.91 Å². The molecule has 0 saturated heterocycles. The SMILES string of the molecule is CC(=O)N1c2ccc(-c3cccc(NCCC(F)(F)F)c3)cc2[C@H](Nc2ccccc2OC(C)(F)F)C[C@@H]1C. The number of fused-ring (bicyclic) bond motifs is 1. The quantitative estimate of drug-likeness (QED) is 0.281. The number of benzene rings is 3. The van der Waals surface area contributed by atoms with E-state index in [9.17, 15) is 26.7 Å². The van der Waals surface area contributed by atoms with Crippen molar-refractivity contribution >= 4 is 23.0 Å². The van der Waals surface area contributed by atoms with Crippen molar-refractivity contribution in [2.45, 2.75) is 58.0 Å². The summed E-state index contributed by atoms with van der Waals surface area (Å²) in [5.74, 6) is -0.123. The molecule has 0 fully saturated rings. The van der Waals surface area contributed by atoms with E-state index in [1.165, 1.54) is 13.0 Å². The third-order valence-electron chi connectivity index (χ3n) is 6.46. The van der Waals surface area contributed by atoms with Gasteiger partial charge in [0, 0.05) is 37.8 Å². The summed E-state index contributed by atoms with van der Waals surface area (Å²) in [6, 6.07) is 18.6. The van der Waals surface area contributed by atoms with E-state index in [0.29, 0.717) is 30.4 Å².